The Morgan fingerprint density at radius 2 is 1.45 bits per heavy atom. The van der Waals surface area contributed by atoms with Crippen LogP contribution in [0.5, 0.6) is 11.5 Å². The van der Waals surface area contributed by atoms with Crippen LogP contribution in [0.1, 0.15) is 16.7 Å². The lowest BCUT2D eigenvalue weighted by atomic mass is 10.1. The molecule has 1 fully saturated rings. The molecule has 0 aliphatic carbocycles. The molecular formula is C29H35N3O5S. The molecular weight excluding hydrogens is 502 g/mol. The molecule has 3 aromatic rings. The predicted octanol–water partition coefficient (Wildman–Crippen LogP) is 4.17. The Hall–Kier alpha value is -3.72. The van der Waals surface area contributed by atoms with Gasteiger partial charge in [0.1, 0.15) is 22.9 Å². The number of sulfonamides is 1. The maximum absolute atomic E-state index is 14.1. The van der Waals surface area contributed by atoms with Gasteiger partial charge in [0, 0.05) is 26.2 Å². The van der Waals surface area contributed by atoms with E-state index < -0.39 is 10.0 Å². The second-order valence-corrected chi connectivity index (χ2v) is 11.4. The van der Waals surface area contributed by atoms with Gasteiger partial charge in [0.15, 0.2) is 0 Å². The van der Waals surface area contributed by atoms with Crippen LogP contribution in [0.4, 0.5) is 11.4 Å². The molecule has 38 heavy (non-hydrogen) atoms. The number of rotatable bonds is 8. The van der Waals surface area contributed by atoms with Gasteiger partial charge in [-0.2, -0.15) is 0 Å². The van der Waals surface area contributed by atoms with Gasteiger partial charge in [-0.3, -0.25) is 9.10 Å². The topological polar surface area (TPSA) is 79.4 Å². The zero-order valence-electron chi connectivity index (χ0n) is 22.6. The highest BCUT2D eigenvalue weighted by Gasteiger charge is 2.33. The van der Waals surface area contributed by atoms with Gasteiger partial charge < -0.3 is 19.3 Å². The number of ether oxygens (including phenoxy) is 2. The van der Waals surface area contributed by atoms with Crippen LogP contribution in [-0.4, -0.2) is 66.2 Å². The van der Waals surface area contributed by atoms with Gasteiger partial charge in [-0.15, -0.1) is 0 Å². The van der Waals surface area contributed by atoms with Crippen LogP contribution in [-0.2, 0) is 14.8 Å². The van der Waals surface area contributed by atoms with E-state index in [1.165, 1.54) is 11.4 Å². The molecule has 0 aromatic heterocycles. The first-order chi connectivity index (χ1) is 18.1. The minimum atomic E-state index is -4.12. The summed E-state index contributed by atoms with van der Waals surface area (Å²) in [6.45, 7) is 7.53. The summed E-state index contributed by atoms with van der Waals surface area (Å²) >= 11 is 0. The lowest BCUT2D eigenvalue weighted by molar-refractivity contribution is -0.129. The van der Waals surface area contributed by atoms with Gasteiger partial charge >= 0.3 is 0 Å². The fourth-order valence-corrected chi connectivity index (χ4v) is 6.47. The number of methoxy groups -OCH3 is 2. The van der Waals surface area contributed by atoms with Crippen LogP contribution < -0.4 is 18.7 Å². The number of hydrogen-bond acceptors (Lipinski definition) is 6. The maximum Gasteiger partial charge on any atom is 0.268 e. The maximum atomic E-state index is 14.1. The Bertz CT molecular complexity index is 1400. The van der Waals surface area contributed by atoms with Gasteiger partial charge in [0.05, 0.1) is 25.6 Å². The second-order valence-electron chi connectivity index (χ2n) is 9.55. The van der Waals surface area contributed by atoms with E-state index in [2.05, 4.69) is 4.90 Å². The minimum absolute atomic E-state index is 0.0351. The molecule has 0 atom stereocenters. The van der Waals surface area contributed by atoms with Gasteiger partial charge in [-0.25, -0.2) is 8.42 Å². The molecule has 0 N–H and O–H groups in total. The Balaban J connectivity index is 1.62. The van der Waals surface area contributed by atoms with Crippen molar-refractivity contribution < 1.29 is 22.7 Å². The van der Waals surface area contributed by atoms with Crippen molar-refractivity contribution in [2.24, 2.45) is 0 Å². The van der Waals surface area contributed by atoms with Crippen molar-refractivity contribution in [2.45, 2.75) is 25.7 Å². The molecule has 3 aromatic carbocycles. The van der Waals surface area contributed by atoms with E-state index in [1.54, 1.807) is 42.3 Å². The summed E-state index contributed by atoms with van der Waals surface area (Å²) in [5.74, 6) is 0.772. The third kappa shape index (κ3) is 5.72. The number of amides is 1. The molecule has 0 bridgehead atoms. The highest BCUT2D eigenvalue weighted by Crippen LogP contribution is 2.32. The molecule has 9 heteroatoms. The quantitative estimate of drug-likeness (QED) is 0.429. The first-order valence-electron chi connectivity index (χ1n) is 12.6. The number of benzene rings is 3. The van der Waals surface area contributed by atoms with Crippen LogP contribution in [0.25, 0.3) is 0 Å². The van der Waals surface area contributed by atoms with Gasteiger partial charge in [0.2, 0.25) is 5.91 Å². The van der Waals surface area contributed by atoms with E-state index in [0.29, 0.717) is 31.9 Å². The van der Waals surface area contributed by atoms with Crippen LogP contribution in [0, 0.1) is 20.8 Å². The van der Waals surface area contributed by atoms with E-state index in [4.69, 9.17) is 9.47 Å². The number of nitrogens with zero attached hydrogens (tertiary/aromatic N) is 3. The van der Waals surface area contributed by atoms with Crippen molar-refractivity contribution >= 4 is 27.3 Å². The summed E-state index contributed by atoms with van der Waals surface area (Å²) in [6.07, 6.45) is 0. The van der Waals surface area contributed by atoms with Gasteiger partial charge in [-0.05, 0) is 73.9 Å². The second kappa shape index (κ2) is 11.3. The van der Waals surface area contributed by atoms with E-state index in [-0.39, 0.29) is 23.1 Å². The first-order valence-corrected chi connectivity index (χ1v) is 14.0. The molecule has 8 nitrogen and oxygen atoms in total. The Labute approximate surface area is 225 Å². The predicted molar refractivity (Wildman–Crippen MR) is 150 cm³/mol. The number of carbonyl (C=O) groups excluding carboxylic acids is 1. The summed E-state index contributed by atoms with van der Waals surface area (Å²) in [7, 11) is -1.03. The zero-order valence-corrected chi connectivity index (χ0v) is 23.4. The van der Waals surface area contributed by atoms with Crippen molar-refractivity contribution in [3.05, 3.63) is 77.4 Å². The summed E-state index contributed by atoms with van der Waals surface area (Å²) < 4.78 is 40.2. The molecule has 0 unspecified atom stereocenters. The molecule has 0 radical (unpaired) electrons. The minimum Gasteiger partial charge on any atom is -0.495 e. The molecule has 0 saturated carbocycles. The number of piperazine rings is 1. The summed E-state index contributed by atoms with van der Waals surface area (Å²) in [5.41, 5.74) is 4.03. The fraction of sp³-hybridized carbons (Fsp3) is 0.345. The molecule has 1 aliphatic rings. The van der Waals surface area contributed by atoms with Gasteiger partial charge in [0.25, 0.3) is 10.0 Å². The lowest BCUT2D eigenvalue weighted by Crippen LogP contribution is -2.52. The van der Waals surface area contributed by atoms with Crippen LogP contribution in [0.15, 0.2) is 65.6 Å². The number of hydrogen-bond donors (Lipinski definition) is 0. The molecule has 202 valence electrons. The van der Waals surface area contributed by atoms with Crippen LogP contribution >= 0.6 is 0 Å². The highest BCUT2D eigenvalue weighted by atomic mass is 32.2. The first kappa shape index (κ1) is 27.3. The van der Waals surface area contributed by atoms with Crippen LogP contribution in [0.2, 0.25) is 0 Å². The lowest BCUT2D eigenvalue weighted by Gasteiger charge is -2.37. The Morgan fingerprint density at radius 3 is 2.08 bits per heavy atom. The molecule has 1 aliphatic heterocycles. The van der Waals surface area contributed by atoms with Crippen molar-refractivity contribution in [2.75, 3.05) is 56.1 Å². The van der Waals surface area contributed by atoms with Gasteiger partial charge in [-0.1, -0.05) is 24.3 Å². The summed E-state index contributed by atoms with van der Waals surface area (Å²) in [5, 5.41) is 0. The molecule has 1 saturated heterocycles. The summed E-state index contributed by atoms with van der Waals surface area (Å²) in [6, 6.07) is 18.4. The van der Waals surface area contributed by atoms with Crippen LogP contribution in [0.3, 0.4) is 0 Å². The molecule has 1 amide bonds. The van der Waals surface area contributed by atoms with E-state index in [1.807, 2.05) is 51.1 Å². The van der Waals surface area contributed by atoms with Crippen molar-refractivity contribution in [1.82, 2.24) is 4.90 Å². The largest absolute Gasteiger partial charge is 0.495 e. The average molecular weight is 538 g/mol. The molecule has 0 spiro atoms. The standard InChI is InChI=1S/C29H35N3O5S/c1-21-10-11-27(37-5)28(19-21)38(34,35)32(24-17-22(2)16-23(3)18-24)20-29(33)31-14-12-30(13-15-31)25-8-6-7-9-26(25)36-4/h6-11,16-19H,12-15,20H2,1-5H3. The van der Waals surface area contributed by atoms with Crippen molar-refractivity contribution in [1.29, 1.82) is 0 Å². The summed E-state index contributed by atoms with van der Waals surface area (Å²) in [4.78, 5) is 17.5. The third-order valence-electron chi connectivity index (χ3n) is 6.72. The van der Waals surface area contributed by atoms with E-state index in [0.717, 1.165) is 28.1 Å². The SMILES string of the molecule is COc1ccccc1N1CCN(C(=O)CN(c2cc(C)cc(C)c2)S(=O)(=O)c2cc(C)ccc2OC)CC1. The Morgan fingerprint density at radius 1 is 0.816 bits per heavy atom. The third-order valence-corrected chi connectivity index (χ3v) is 8.51. The normalized spacial score (nSPS) is 13.8. The van der Waals surface area contributed by atoms with E-state index >= 15 is 0 Å². The number of carbonyl (C=O) groups is 1. The van der Waals surface area contributed by atoms with Crippen molar-refractivity contribution in [3.8, 4) is 11.5 Å². The highest BCUT2D eigenvalue weighted by molar-refractivity contribution is 7.93. The number of aryl methyl sites for hydroxylation is 3. The Kier molecular flexibility index (Phi) is 8.16. The zero-order chi connectivity index (χ0) is 27.4. The molecule has 1 heterocycles. The number of anilines is 2. The average Bonchev–Trinajstić information content (AvgIpc) is 2.91. The van der Waals surface area contributed by atoms with E-state index in [9.17, 15) is 13.2 Å². The van der Waals surface area contributed by atoms with Crippen molar-refractivity contribution in [3.63, 3.8) is 0 Å². The number of para-hydroxylation sites is 2. The monoisotopic (exact) mass is 537 g/mol. The molecule has 4 rings (SSSR count). The smallest absolute Gasteiger partial charge is 0.268 e. The fourth-order valence-electron chi connectivity index (χ4n) is 4.82.